The van der Waals surface area contributed by atoms with Gasteiger partial charge in [0.25, 0.3) is 0 Å². The van der Waals surface area contributed by atoms with Crippen LogP contribution in [0, 0.1) is 0 Å². The minimum Gasteiger partial charge on any atom is -0.453 e. The zero-order valence-corrected chi connectivity index (χ0v) is 29.8. The summed E-state index contributed by atoms with van der Waals surface area (Å²) in [6.45, 7) is 0. The molecular formula is C51H33N3O. The Labute approximate surface area is 319 Å². The van der Waals surface area contributed by atoms with E-state index in [0.29, 0.717) is 5.82 Å². The van der Waals surface area contributed by atoms with Gasteiger partial charge in [0.15, 0.2) is 11.4 Å². The first-order chi connectivity index (χ1) is 27.3. The van der Waals surface area contributed by atoms with Crippen LogP contribution in [0.5, 0.6) is 0 Å². The smallest absolute Gasteiger partial charge is 0.162 e. The van der Waals surface area contributed by atoms with Gasteiger partial charge in [-0.25, -0.2) is 15.0 Å². The molecule has 3 aromatic heterocycles. The van der Waals surface area contributed by atoms with Crippen molar-refractivity contribution in [3.63, 3.8) is 0 Å². The summed E-state index contributed by atoms with van der Waals surface area (Å²) in [5.74, 6) is 1.48. The minimum atomic E-state index is 0.681. The average Bonchev–Trinajstić information content (AvgIpc) is 3.68. The van der Waals surface area contributed by atoms with Crippen molar-refractivity contribution in [2.45, 2.75) is 0 Å². The molecule has 258 valence electrons. The number of fused-ring (bicyclic) bond motifs is 3. The van der Waals surface area contributed by atoms with Gasteiger partial charge < -0.3 is 4.42 Å². The van der Waals surface area contributed by atoms with E-state index in [-0.39, 0.29) is 0 Å². The normalized spacial score (nSPS) is 11.3. The maximum atomic E-state index is 6.99. The summed E-state index contributed by atoms with van der Waals surface area (Å²) in [5.41, 5.74) is 13.7. The molecule has 55 heavy (non-hydrogen) atoms. The third-order valence-electron chi connectivity index (χ3n) is 10.1. The zero-order valence-electron chi connectivity index (χ0n) is 29.8. The van der Waals surface area contributed by atoms with E-state index in [1.807, 2.05) is 54.6 Å². The molecule has 0 spiro atoms. The Balaban J connectivity index is 1.12. The second-order valence-corrected chi connectivity index (χ2v) is 13.6. The Hall–Kier alpha value is -7.43. The van der Waals surface area contributed by atoms with Gasteiger partial charge in [0.2, 0.25) is 0 Å². The standard InChI is InChI=1S/C51H33N3O/c1-5-15-34(16-6-1)35-25-27-36(28-26-35)44-33-45(54-51(53-44)41-21-11-4-12-22-41)37-29-31-40(32-30-37)49-46(38-17-7-2-8-18-38)47-42-23-13-14-24-43(42)52-48(50(47)55-49)39-19-9-3-10-20-39/h1-33H. The number of furan rings is 1. The fourth-order valence-electron chi connectivity index (χ4n) is 7.40. The first-order valence-electron chi connectivity index (χ1n) is 18.4. The number of benzene rings is 7. The topological polar surface area (TPSA) is 51.8 Å². The molecule has 0 aliphatic rings. The lowest BCUT2D eigenvalue weighted by Gasteiger charge is -2.11. The molecule has 0 saturated carbocycles. The van der Waals surface area contributed by atoms with Gasteiger partial charge in [0.1, 0.15) is 11.5 Å². The van der Waals surface area contributed by atoms with Crippen LogP contribution >= 0.6 is 0 Å². The van der Waals surface area contributed by atoms with Gasteiger partial charge in [-0.3, -0.25) is 0 Å². The Bertz CT molecular complexity index is 2920. The van der Waals surface area contributed by atoms with E-state index in [4.69, 9.17) is 19.4 Å². The van der Waals surface area contributed by atoms with Gasteiger partial charge in [0.05, 0.1) is 16.9 Å². The molecule has 0 bridgehead atoms. The van der Waals surface area contributed by atoms with E-state index >= 15 is 0 Å². The van der Waals surface area contributed by atoms with E-state index in [9.17, 15) is 0 Å². The Kier molecular flexibility index (Phi) is 8.12. The molecule has 0 saturated heterocycles. The molecule has 7 aromatic carbocycles. The van der Waals surface area contributed by atoms with Crippen molar-refractivity contribution >= 4 is 21.9 Å². The van der Waals surface area contributed by atoms with Crippen LogP contribution in [-0.2, 0) is 0 Å². The lowest BCUT2D eigenvalue weighted by atomic mass is 9.95. The van der Waals surface area contributed by atoms with Crippen LogP contribution in [0.2, 0.25) is 0 Å². The second kappa shape index (κ2) is 13.8. The number of para-hydroxylation sites is 1. The lowest BCUT2D eigenvalue weighted by molar-refractivity contribution is 0.632. The molecule has 0 unspecified atom stereocenters. The summed E-state index contributed by atoms with van der Waals surface area (Å²) >= 11 is 0. The summed E-state index contributed by atoms with van der Waals surface area (Å²) < 4.78 is 6.99. The van der Waals surface area contributed by atoms with Crippen LogP contribution in [0.25, 0.3) is 101 Å². The minimum absolute atomic E-state index is 0.681. The highest BCUT2D eigenvalue weighted by Crippen LogP contribution is 2.46. The van der Waals surface area contributed by atoms with Crippen LogP contribution in [-0.4, -0.2) is 15.0 Å². The zero-order chi connectivity index (χ0) is 36.6. The molecular weight excluding hydrogens is 671 g/mol. The van der Waals surface area contributed by atoms with Crippen molar-refractivity contribution in [2.24, 2.45) is 0 Å². The highest BCUT2D eigenvalue weighted by Gasteiger charge is 2.24. The van der Waals surface area contributed by atoms with Crippen LogP contribution < -0.4 is 0 Å². The summed E-state index contributed by atoms with van der Waals surface area (Å²) in [7, 11) is 0. The summed E-state index contributed by atoms with van der Waals surface area (Å²) in [4.78, 5) is 15.3. The summed E-state index contributed by atoms with van der Waals surface area (Å²) in [6, 6.07) is 68.9. The molecule has 0 N–H and O–H groups in total. The van der Waals surface area contributed by atoms with Crippen molar-refractivity contribution in [2.75, 3.05) is 0 Å². The molecule has 0 aliphatic heterocycles. The molecule has 0 radical (unpaired) electrons. The van der Waals surface area contributed by atoms with Gasteiger partial charge in [-0.2, -0.15) is 0 Å². The number of nitrogens with zero attached hydrogens (tertiary/aromatic N) is 3. The number of rotatable bonds is 7. The van der Waals surface area contributed by atoms with Gasteiger partial charge >= 0.3 is 0 Å². The molecule has 10 rings (SSSR count). The van der Waals surface area contributed by atoms with Crippen LogP contribution in [0.1, 0.15) is 0 Å². The highest BCUT2D eigenvalue weighted by atomic mass is 16.3. The van der Waals surface area contributed by atoms with Gasteiger partial charge in [-0.15, -0.1) is 0 Å². The maximum absolute atomic E-state index is 6.99. The summed E-state index contributed by atoms with van der Waals surface area (Å²) in [6.07, 6.45) is 0. The first kappa shape index (κ1) is 32.2. The SMILES string of the molecule is c1ccc(-c2ccc(-c3cc(-c4ccc(-c5oc6c(-c7ccccc7)nc7ccccc7c6c5-c5ccccc5)cc4)nc(-c4ccccc4)n3)cc2)cc1. The molecule has 0 fully saturated rings. The Morgan fingerprint density at radius 3 is 1.40 bits per heavy atom. The van der Waals surface area contributed by atoms with E-state index in [1.165, 1.54) is 5.56 Å². The quantitative estimate of drug-likeness (QED) is 0.166. The van der Waals surface area contributed by atoms with Gasteiger partial charge in [-0.05, 0) is 28.8 Å². The third kappa shape index (κ3) is 6.06. The van der Waals surface area contributed by atoms with Gasteiger partial charge in [0, 0.05) is 44.2 Å². The fraction of sp³-hybridized carbons (Fsp3) is 0. The second-order valence-electron chi connectivity index (χ2n) is 13.6. The van der Waals surface area contributed by atoms with E-state index in [0.717, 1.165) is 89.2 Å². The predicted octanol–water partition coefficient (Wildman–Crippen LogP) is 13.4. The molecule has 4 heteroatoms. The largest absolute Gasteiger partial charge is 0.453 e. The number of hydrogen-bond donors (Lipinski definition) is 0. The number of aromatic nitrogens is 3. The molecule has 0 atom stereocenters. The van der Waals surface area contributed by atoms with Crippen LogP contribution in [0.15, 0.2) is 205 Å². The Morgan fingerprint density at radius 2 is 0.800 bits per heavy atom. The monoisotopic (exact) mass is 703 g/mol. The van der Waals surface area contributed by atoms with Crippen molar-refractivity contribution in [3.05, 3.63) is 200 Å². The van der Waals surface area contributed by atoms with Gasteiger partial charge in [-0.1, -0.05) is 188 Å². The van der Waals surface area contributed by atoms with Crippen LogP contribution in [0.3, 0.4) is 0 Å². The van der Waals surface area contributed by atoms with E-state index in [2.05, 4.69) is 146 Å². The molecule has 0 aliphatic carbocycles. The first-order valence-corrected chi connectivity index (χ1v) is 18.4. The molecule has 0 amide bonds. The number of hydrogen-bond acceptors (Lipinski definition) is 4. The molecule has 3 heterocycles. The van der Waals surface area contributed by atoms with Crippen LogP contribution in [0.4, 0.5) is 0 Å². The lowest BCUT2D eigenvalue weighted by Crippen LogP contribution is -1.96. The number of pyridine rings is 1. The van der Waals surface area contributed by atoms with E-state index < -0.39 is 0 Å². The van der Waals surface area contributed by atoms with Crippen molar-refractivity contribution < 1.29 is 4.42 Å². The van der Waals surface area contributed by atoms with Crippen molar-refractivity contribution in [3.8, 4) is 78.7 Å². The third-order valence-corrected chi connectivity index (χ3v) is 10.1. The molecule has 4 nitrogen and oxygen atoms in total. The summed E-state index contributed by atoms with van der Waals surface area (Å²) in [5, 5.41) is 2.11. The fourth-order valence-corrected chi connectivity index (χ4v) is 7.40. The Morgan fingerprint density at radius 1 is 0.345 bits per heavy atom. The van der Waals surface area contributed by atoms with Crippen molar-refractivity contribution in [1.29, 1.82) is 0 Å². The molecule has 10 aromatic rings. The van der Waals surface area contributed by atoms with Crippen molar-refractivity contribution in [1.82, 2.24) is 15.0 Å². The highest BCUT2D eigenvalue weighted by molar-refractivity contribution is 6.18. The average molecular weight is 704 g/mol. The van der Waals surface area contributed by atoms with E-state index in [1.54, 1.807) is 0 Å². The maximum Gasteiger partial charge on any atom is 0.162 e. The predicted molar refractivity (Wildman–Crippen MR) is 225 cm³/mol.